The number of benzene rings is 2. The fourth-order valence-corrected chi connectivity index (χ4v) is 4.28. The van der Waals surface area contributed by atoms with Crippen LogP contribution in [-0.2, 0) is 11.4 Å². The maximum Gasteiger partial charge on any atom is 0.293 e. The van der Waals surface area contributed by atoms with Crippen LogP contribution in [0.4, 0.5) is 4.79 Å². The van der Waals surface area contributed by atoms with Crippen molar-refractivity contribution in [3.8, 4) is 11.5 Å². The first kappa shape index (κ1) is 21.2. The molecule has 2 aromatic rings. The number of amides is 2. The van der Waals surface area contributed by atoms with Gasteiger partial charge in [0.25, 0.3) is 11.1 Å². The molecule has 2 aromatic carbocycles. The molecule has 3 rings (SSSR count). The highest BCUT2D eigenvalue weighted by molar-refractivity contribution is 9.10. The minimum atomic E-state index is -0.324. The molecule has 0 aromatic heterocycles. The molecule has 29 heavy (non-hydrogen) atoms. The van der Waals surface area contributed by atoms with Crippen molar-refractivity contribution in [2.45, 2.75) is 13.5 Å². The molecule has 0 saturated carbocycles. The van der Waals surface area contributed by atoms with E-state index in [-0.39, 0.29) is 17.7 Å². The number of carbonyl (C=O) groups excluding carboxylic acids is 2. The van der Waals surface area contributed by atoms with E-state index < -0.39 is 0 Å². The van der Waals surface area contributed by atoms with E-state index in [1.807, 2.05) is 31.2 Å². The number of nitrogens with zero attached hydrogens (tertiary/aromatic N) is 1. The normalized spacial score (nSPS) is 15.1. The minimum absolute atomic E-state index is 0.195. The summed E-state index contributed by atoms with van der Waals surface area (Å²) in [5.41, 5.74) is 2.94. The molecule has 0 aliphatic carbocycles. The maximum atomic E-state index is 12.4. The van der Waals surface area contributed by atoms with Crippen LogP contribution in [0.3, 0.4) is 0 Å². The molecule has 5 nitrogen and oxygen atoms in total. The molecule has 1 aliphatic rings. The Bertz CT molecular complexity index is 1000. The number of thioether (sulfide) groups is 1. The fraction of sp³-hybridized carbons (Fsp3) is 0.182. The van der Waals surface area contributed by atoms with Crippen molar-refractivity contribution in [3.05, 3.63) is 75.1 Å². The van der Waals surface area contributed by atoms with Crippen LogP contribution in [-0.4, -0.2) is 29.7 Å². The van der Waals surface area contributed by atoms with E-state index in [0.29, 0.717) is 27.5 Å². The number of imide groups is 1. The Kier molecular flexibility index (Phi) is 6.82. The van der Waals surface area contributed by atoms with Gasteiger partial charge in [-0.2, -0.15) is 0 Å². The number of carbonyl (C=O) groups is 2. The largest absolute Gasteiger partial charge is 0.493 e. The van der Waals surface area contributed by atoms with Gasteiger partial charge < -0.3 is 9.47 Å². The van der Waals surface area contributed by atoms with Gasteiger partial charge in [0.2, 0.25) is 0 Å². The standard InChI is InChI=1S/C22H20BrNO4S/c1-4-8-24-21(25)19(29-22(24)26)12-16-10-17(23)20(18(11-16)27-3)28-13-15-7-5-6-14(2)9-15/h4-7,9-12H,1,8,13H2,2-3H3/b19-12+. The smallest absolute Gasteiger partial charge is 0.293 e. The Morgan fingerprint density at radius 3 is 2.72 bits per heavy atom. The Morgan fingerprint density at radius 1 is 1.24 bits per heavy atom. The number of hydrogen-bond donors (Lipinski definition) is 0. The van der Waals surface area contributed by atoms with Crippen LogP contribution in [0.5, 0.6) is 11.5 Å². The Balaban J connectivity index is 1.84. The Hall–Kier alpha value is -2.51. The predicted molar refractivity (Wildman–Crippen MR) is 119 cm³/mol. The fourth-order valence-electron chi connectivity index (χ4n) is 2.86. The van der Waals surface area contributed by atoms with E-state index in [1.54, 1.807) is 19.3 Å². The monoisotopic (exact) mass is 473 g/mol. The van der Waals surface area contributed by atoms with Gasteiger partial charge >= 0.3 is 0 Å². The third kappa shape index (κ3) is 4.92. The first-order valence-electron chi connectivity index (χ1n) is 8.85. The first-order valence-corrected chi connectivity index (χ1v) is 10.5. The van der Waals surface area contributed by atoms with Crippen LogP contribution < -0.4 is 9.47 Å². The van der Waals surface area contributed by atoms with Gasteiger partial charge in [-0.1, -0.05) is 35.9 Å². The van der Waals surface area contributed by atoms with Gasteiger partial charge in [-0.15, -0.1) is 6.58 Å². The van der Waals surface area contributed by atoms with Gasteiger partial charge in [0.15, 0.2) is 11.5 Å². The average molecular weight is 474 g/mol. The van der Waals surface area contributed by atoms with Gasteiger partial charge in [0.05, 0.1) is 16.5 Å². The maximum absolute atomic E-state index is 12.4. The van der Waals surface area contributed by atoms with Gasteiger partial charge in [-0.05, 0) is 64.0 Å². The lowest BCUT2D eigenvalue weighted by atomic mass is 10.1. The highest BCUT2D eigenvalue weighted by Crippen LogP contribution is 2.39. The lowest BCUT2D eigenvalue weighted by Crippen LogP contribution is -2.27. The molecule has 0 bridgehead atoms. The third-order valence-electron chi connectivity index (χ3n) is 4.20. The highest BCUT2D eigenvalue weighted by atomic mass is 79.9. The molecule has 1 heterocycles. The van der Waals surface area contributed by atoms with Gasteiger partial charge in [-0.3, -0.25) is 14.5 Å². The minimum Gasteiger partial charge on any atom is -0.493 e. The lowest BCUT2D eigenvalue weighted by Gasteiger charge is -2.14. The number of ether oxygens (including phenoxy) is 2. The van der Waals surface area contributed by atoms with Crippen LogP contribution in [0.2, 0.25) is 0 Å². The second-order valence-corrected chi connectivity index (χ2v) is 8.24. The molecule has 0 atom stereocenters. The Morgan fingerprint density at radius 2 is 2.03 bits per heavy atom. The molecule has 2 amide bonds. The summed E-state index contributed by atoms with van der Waals surface area (Å²) in [6.07, 6.45) is 3.20. The summed E-state index contributed by atoms with van der Waals surface area (Å²) in [5.74, 6) is 0.782. The molecule has 1 aliphatic heterocycles. The molecule has 1 fully saturated rings. The molecule has 150 valence electrons. The van der Waals surface area contributed by atoms with E-state index in [2.05, 4.69) is 28.6 Å². The molecular formula is C22H20BrNO4S. The molecule has 1 saturated heterocycles. The summed E-state index contributed by atoms with van der Waals surface area (Å²) >= 11 is 4.44. The highest BCUT2D eigenvalue weighted by Gasteiger charge is 2.34. The van der Waals surface area contributed by atoms with Crippen LogP contribution in [0.15, 0.2) is 58.4 Å². The molecule has 0 spiro atoms. The van der Waals surface area contributed by atoms with Gasteiger partial charge in [0, 0.05) is 6.54 Å². The quantitative estimate of drug-likeness (QED) is 0.388. The summed E-state index contributed by atoms with van der Waals surface area (Å²) in [6, 6.07) is 11.7. The van der Waals surface area contributed by atoms with E-state index >= 15 is 0 Å². The van der Waals surface area contributed by atoms with Crippen molar-refractivity contribution >= 4 is 44.9 Å². The topological polar surface area (TPSA) is 55.8 Å². The Labute approximate surface area is 182 Å². The van der Waals surface area contributed by atoms with E-state index in [9.17, 15) is 9.59 Å². The third-order valence-corrected chi connectivity index (χ3v) is 5.70. The summed E-state index contributed by atoms with van der Waals surface area (Å²) < 4.78 is 12.2. The summed E-state index contributed by atoms with van der Waals surface area (Å²) in [7, 11) is 1.56. The molecule has 0 unspecified atom stereocenters. The summed E-state index contributed by atoms with van der Waals surface area (Å²) in [6.45, 7) is 6.21. The van der Waals surface area contributed by atoms with Crippen LogP contribution in [0, 0.1) is 6.92 Å². The number of hydrogen-bond acceptors (Lipinski definition) is 5. The van der Waals surface area contributed by atoms with Crippen molar-refractivity contribution < 1.29 is 19.1 Å². The van der Waals surface area contributed by atoms with Crippen molar-refractivity contribution in [2.24, 2.45) is 0 Å². The number of aryl methyl sites for hydroxylation is 1. The van der Waals surface area contributed by atoms with E-state index in [0.717, 1.165) is 33.4 Å². The molecule has 0 N–H and O–H groups in total. The zero-order valence-corrected chi connectivity index (χ0v) is 18.5. The molecule has 7 heteroatoms. The van der Waals surface area contributed by atoms with Gasteiger partial charge in [-0.25, -0.2) is 0 Å². The zero-order chi connectivity index (χ0) is 21.0. The van der Waals surface area contributed by atoms with Crippen LogP contribution in [0.1, 0.15) is 16.7 Å². The van der Waals surface area contributed by atoms with Gasteiger partial charge in [0.1, 0.15) is 6.61 Å². The van der Waals surface area contributed by atoms with Crippen molar-refractivity contribution in [1.82, 2.24) is 4.90 Å². The number of rotatable bonds is 7. The SMILES string of the molecule is C=CCN1C(=O)S/C(=C/c2cc(Br)c(OCc3cccc(C)c3)c(OC)c2)C1=O. The van der Waals surface area contributed by atoms with E-state index in [4.69, 9.17) is 9.47 Å². The lowest BCUT2D eigenvalue weighted by molar-refractivity contribution is -0.122. The summed E-state index contributed by atoms with van der Waals surface area (Å²) in [4.78, 5) is 25.9. The predicted octanol–water partition coefficient (Wildman–Crippen LogP) is 5.57. The molecular weight excluding hydrogens is 454 g/mol. The van der Waals surface area contributed by atoms with E-state index in [1.165, 1.54) is 6.08 Å². The van der Waals surface area contributed by atoms with Crippen LogP contribution >= 0.6 is 27.7 Å². The van der Waals surface area contributed by atoms with Crippen molar-refractivity contribution in [3.63, 3.8) is 0 Å². The zero-order valence-electron chi connectivity index (χ0n) is 16.1. The number of halogens is 1. The summed E-state index contributed by atoms with van der Waals surface area (Å²) in [5, 5.41) is -0.301. The van der Waals surface area contributed by atoms with Crippen molar-refractivity contribution in [1.29, 1.82) is 0 Å². The first-order chi connectivity index (χ1) is 13.9. The second-order valence-electron chi connectivity index (χ2n) is 6.39. The number of methoxy groups -OCH3 is 1. The molecule has 0 radical (unpaired) electrons. The average Bonchev–Trinajstić information content (AvgIpc) is 2.94. The second kappa shape index (κ2) is 9.33. The van der Waals surface area contributed by atoms with Crippen molar-refractivity contribution in [2.75, 3.05) is 13.7 Å². The van der Waals surface area contributed by atoms with Crippen LogP contribution in [0.25, 0.3) is 6.08 Å².